The fourth-order valence-corrected chi connectivity index (χ4v) is 1.40. The second kappa shape index (κ2) is 4.74. The van der Waals surface area contributed by atoms with E-state index in [9.17, 15) is 9.18 Å². The van der Waals surface area contributed by atoms with Crippen LogP contribution in [-0.2, 0) is 0 Å². The van der Waals surface area contributed by atoms with Crippen LogP contribution in [0.25, 0.3) is 0 Å². The minimum atomic E-state index is -0.343. The highest BCUT2D eigenvalue weighted by molar-refractivity contribution is 5.96. The van der Waals surface area contributed by atoms with Gasteiger partial charge in [0.15, 0.2) is 5.78 Å². The normalized spacial score (nSPS) is 11.6. The van der Waals surface area contributed by atoms with E-state index in [-0.39, 0.29) is 17.1 Å². The van der Waals surface area contributed by atoms with Crippen molar-refractivity contribution in [3.8, 4) is 0 Å². The summed E-state index contributed by atoms with van der Waals surface area (Å²) >= 11 is 0. The number of carbonyl (C=O) groups excluding carboxylic acids is 1. The van der Waals surface area contributed by atoms with Crippen LogP contribution in [0.3, 0.4) is 0 Å². The number of rotatable bonds is 4. The highest BCUT2D eigenvalue weighted by Gasteiger charge is 2.14. The molecule has 0 atom stereocenters. The lowest BCUT2D eigenvalue weighted by molar-refractivity contribution is 0.0972. The number of hydrogen-bond acceptors (Lipinski definition) is 2. The minimum Gasteiger partial charge on any atom is -0.326 e. The summed E-state index contributed by atoms with van der Waals surface area (Å²) in [6, 6.07) is 4.44. The third kappa shape index (κ3) is 3.74. The smallest absolute Gasteiger partial charge is 0.162 e. The summed E-state index contributed by atoms with van der Waals surface area (Å²) in [4.78, 5) is 11.8. The Labute approximate surface area is 95.7 Å². The van der Waals surface area contributed by atoms with E-state index in [4.69, 9.17) is 5.73 Å². The van der Waals surface area contributed by atoms with Gasteiger partial charge in [-0.2, -0.15) is 0 Å². The van der Waals surface area contributed by atoms with Crippen LogP contribution in [-0.4, -0.2) is 11.3 Å². The summed E-state index contributed by atoms with van der Waals surface area (Å²) in [6.45, 7) is 5.42. The summed E-state index contributed by atoms with van der Waals surface area (Å²) in [5.41, 5.74) is 6.52. The Hall–Kier alpha value is -1.22. The maximum absolute atomic E-state index is 13.0. The molecule has 0 aliphatic carbocycles. The monoisotopic (exact) mass is 223 g/mol. The van der Waals surface area contributed by atoms with Crippen molar-refractivity contribution in [2.24, 2.45) is 5.73 Å². The van der Waals surface area contributed by atoms with Crippen LogP contribution >= 0.6 is 0 Å². The van der Waals surface area contributed by atoms with Crippen molar-refractivity contribution in [2.75, 3.05) is 0 Å². The number of hydrogen-bond donors (Lipinski definition) is 1. The topological polar surface area (TPSA) is 43.1 Å². The van der Waals surface area contributed by atoms with E-state index >= 15 is 0 Å². The molecule has 0 heterocycles. The van der Waals surface area contributed by atoms with E-state index in [0.717, 1.165) is 0 Å². The van der Waals surface area contributed by atoms with E-state index in [2.05, 4.69) is 0 Å². The maximum Gasteiger partial charge on any atom is 0.162 e. The van der Waals surface area contributed by atoms with Crippen LogP contribution in [0.15, 0.2) is 18.2 Å². The van der Waals surface area contributed by atoms with Crippen molar-refractivity contribution in [2.45, 2.75) is 39.2 Å². The predicted octanol–water partition coefficient (Wildman–Crippen LogP) is 2.83. The van der Waals surface area contributed by atoms with Gasteiger partial charge < -0.3 is 5.73 Å². The Morgan fingerprint density at radius 2 is 2.06 bits per heavy atom. The summed E-state index contributed by atoms with van der Waals surface area (Å²) in [7, 11) is 0. The van der Waals surface area contributed by atoms with Crippen molar-refractivity contribution in [1.29, 1.82) is 0 Å². The second-order valence-corrected chi connectivity index (χ2v) is 4.88. The highest BCUT2D eigenvalue weighted by atomic mass is 19.1. The van der Waals surface area contributed by atoms with Gasteiger partial charge in [-0.15, -0.1) is 0 Å². The summed E-state index contributed by atoms with van der Waals surface area (Å²) in [6.07, 6.45) is 1.02. The van der Waals surface area contributed by atoms with E-state index < -0.39 is 0 Å². The van der Waals surface area contributed by atoms with Crippen LogP contribution in [0.1, 0.15) is 42.6 Å². The first-order chi connectivity index (χ1) is 7.29. The number of Topliss-reactive ketones (excluding diaryl/α,β-unsaturated/α-hetero) is 1. The van der Waals surface area contributed by atoms with Gasteiger partial charge in [0, 0.05) is 17.5 Å². The number of nitrogens with two attached hydrogens (primary N) is 1. The van der Waals surface area contributed by atoms with E-state index in [1.165, 1.54) is 12.1 Å². The molecule has 0 radical (unpaired) electrons. The van der Waals surface area contributed by atoms with Gasteiger partial charge in [0.05, 0.1) is 0 Å². The Morgan fingerprint density at radius 3 is 2.56 bits per heavy atom. The average Bonchev–Trinajstić information content (AvgIpc) is 2.17. The lowest BCUT2D eigenvalue weighted by atomic mass is 9.95. The fourth-order valence-electron chi connectivity index (χ4n) is 1.40. The Morgan fingerprint density at radius 1 is 1.44 bits per heavy atom. The van der Waals surface area contributed by atoms with Gasteiger partial charge in [-0.25, -0.2) is 4.39 Å². The molecule has 0 bridgehead atoms. The number of benzene rings is 1. The van der Waals surface area contributed by atoms with Gasteiger partial charge in [-0.1, -0.05) is 0 Å². The molecule has 0 unspecified atom stereocenters. The Balaban J connectivity index is 2.70. The number of carbonyl (C=O) groups is 1. The molecule has 0 amide bonds. The maximum atomic E-state index is 13.0. The van der Waals surface area contributed by atoms with Gasteiger partial charge in [0.25, 0.3) is 0 Å². The SMILES string of the molecule is Cc1cc(C(=O)CCC(C)(C)N)ccc1F. The molecule has 0 aromatic heterocycles. The molecule has 2 nitrogen and oxygen atoms in total. The molecule has 0 aliphatic heterocycles. The van der Waals surface area contributed by atoms with E-state index in [0.29, 0.717) is 24.0 Å². The molecule has 0 aliphatic rings. The highest BCUT2D eigenvalue weighted by Crippen LogP contribution is 2.14. The number of ketones is 1. The molecule has 0 saturated carbocycles. The number of aryl methyl sites for hydroxylation is 1. The van der Waals surface area contributed by atoms with E-state index in [1.54, 1.807) is 13.0 Å². The Bertz CT molecular complexity index is 393. The molecular formula is C13H18FNO. The fraction of sp³-hybridized carbons (Fsp3) is 0.462. The van der Waals surface area contributed by atoms with Crippen LogP contribution in [0, 0.1) is 12.7 Å². The zero-order valence-corrected chi connectivity index (χ0v) is 10.0. The first-order valence-corrected chi connectivity index (χ1v) is 5.38. The van der Waals surface area contributed by atoms with Gasteiger partial charge in [-0.05, 0) is 51.0 Å². The summed E-state index contributed by atoms with van der Waals surface area (Å²) in [5.74, 6) is -0.266. The predicted molar refractivity (Wildman–Crippen MR) is 63.0 cm³/mol. The molecule has 0 saturated heterocycles. The summed E-state index contributed by atoms with van der Waals surface area (Å²) in [5, 5.41) is 0. The van der Waals surface area contributed by atoms with Gasteiger partial charge in [0.2, 0.25) is 0 Å². The van der Waals surface area contributed by atoms with Gasteiger partial charge in [-0.3, -0.25) is 4.79 Å². The van der Waals surface area contributed by atoms with Crippen LogP contribution < -0.4 is 5.73 Å². The minimum absolute atomic E-state index is 0.0154. The molecule has 3 heteroatoms. The molecule has 1 rings (SSSR count). The van der Waals surface area contributed by atoms with Crippen molar-refractivity contribution in [1.82, 2.24) is 0 Å². The molecule has 0 fully saturated rings. The molecule has 16 heavy (non-hydrogen) atoms. The quantitative estimate of drug-likeness (QED) is 0.797. The zero-order valence-electron chi connectivity index (χ0n) is 10.0. The summed E-state index contributed by atoms with van der Waals surface area (Å²) < 4.78 is 13.0. The van der Waals surface area contributed by atoms with Crippen molar-refractivity contribution in [3.63, 3.8) is 0 Å². The third-order valence-corrected chi connectivity index (χ3v) is 2.48. The van der Waals surface area contributed by atoms with Crippen molar-refractivity contribution >= 4 is 5.78 Å². The molecule has 0 spiro atoms. The van der Waals surface area contributed by atoms with Crippen LogP contribution in [0.4, 0.5) is 4.39 Å². The largest absolute Gasteiger partial charge is 0.326 e. The molecule has 1 aromatic carbocycles. The molecule has 1 aromatic rings. The standard InChI is InChI=1S/C13H18FNO/c1-9-8-10(4-5-11(9)14)12(16)6-7-13(2,3)15/h4-5,8H,6-7,15H2,1-3H3. The van der Waals surface area contributed by atoms with Crippen molar-refractivity contribution < 1.29 is 9.18 Å². The molecule has 88 valence electrons. The second-order valence-electron chi connectivity index (χ2n) is 4.88. The van der Waals surface area contributed by atoms with Gasteiger partial charge >= 0.3 is 0 Å². The van der Waals surface area contributed by atoms with Crippen molar-refractivity contribution in [3.05, 3.63) is 35.1 Å². The number of halogens is 1. The first kappa shape index (κ1) is 12.8. The molecule has 2 N–H and O–H groups in total. The molecular weight excluding hydrogens is 205 g/mol. The first-order valence-electron chi connectivity index (χ1n) is 5.38. The average molecular weight is 223 g/mol. The van der Waals surface area contributed by atoms with Crippen LogP contribution in [0.2, 0.25) is 0 Å². The lowest BCUT2D eigenvalue weighted by Crippen LogP contribution is -2.32. The lowest BCUT2D eigenvalue weighted by Gasteiger charge is -2.17. The zero-order chi connectivity index (χ0) is 12.3. The Kier molecular flexibility index (Phi) is 3.81. The van der Waals surface area contributed by atoms with Gasteiger partial charge in [0.1, 0.15) is 5.82 Å². The van der Waals surface area contributed by atoms with E-state index in [1.807, 2.05) is 13.8 Å². The third-order valence-electron chi connectivity index (χ3n) is 2.48. The van der Waals surface area contributed by atoms with Crippen LogP contribution in [0.5, 0.6) is 0 Å².